The van der Waals surface area contributed by atoms with E-state index >= 15 is 0 Å². The molecule has 18 heavy (non-hydrogen) atoms. The zero-order valence-electron chi connectivity index (χ0n) is 12.2. The molecular weight excluding hydrogens is 238 g/mol. The van der Waals surface area contributed by atoms with E-state index in [2.05, 4.69) is 37.5 Å². The molecule has 0 spiro atoms. The van der Waals surface area contributed by atoms with Gasteiger partial charge >= 0.3 is 0 Å². The Kier molecular flexibility index (Phi) is 8.15. The maximum atomic E-state index is 4.28. The smallest absolute Gasteiger partial charge is 0.0311 e. The Balaban J connectivity index is 2.09. The number of aryl methyl sites for hydroxylation is 1. The minimum atomic E-state index is 1.12. The molecule has 0 N–H and O–H groups in total. The van der Waals surface area contributed by atoms with Crippen LogP contribution in [0.4, 0.5) is 0 Å². The summed E-state index contributed by atoms with van der Waals surface area (Å²) >= 11 is 2.05. The summed E-state index contributed by atoms with van der Waals surface area (Å²) in [7, 11) is 0. The lowest BCUT2D eigenvalue weighted by molar-refractivity contribution is 0.627. The van der Waals surface area contributed by atoms with Gasteiger partial charge in [-0.15, -0.1) is 0 Å². The van der Waals surface area contributed by atoms with E-state index in [1.165, 1.54) is 61.0 Å². The SMILES string of the molecule is CCCCCCCCSCc1cncc(C)c1C. The minimum Gasteiger partial charge on any atom is -0.264 e. The molecule has 0 aliphatic carbocycles. The molecule has 0 atom stereocenters. The molecule has 0 radical (unpaired) electrons. The van der Waals surface area contributed by atoms with E-state index < -0.39 is 0 Å². The second kappa shape index (κ2) is 9.43. The molecule has 0 fully saturated rings. The normalized spacial score (nSPS) is 10.8. The maximum Gasteiger partial charge on any atom is 0.0311 e. The van der Waals surface area contributed by atoms with Crippen molar-refractivity contribution < 1.29 is 0 Å². The van der Waals surface area contributed by atoms with Crippen LogP contribution in [0.1, 0.15) is 62.1 Å². The van der Waals surface area contributed by atoms with Gasteiger partial charge < -0.3 is 0 Å². The predicted octanol–water partition coefficient (Wildman–Crippen LogP) is 5.29. The van der Waals surface area contributed by atoms with Crippen molar-refractivity contribution in [3.8, 4) is 0 Å². The predicted molar refractivity (Wildman–Crippen MR) is 83.2 cm³/mol. The number of hydrogen-bond acceptors (Lipinski definition) is 2. The van der Waals surface area contributed by atoms with Crippen molar-refractivity contribution in [3.63, 3.8) is 0 Å². The van der Waals surface area contributed by atoms with Gasteiger partial charge in [-0.05, 0) is 42.7 Å². The van der Waals surface area contributed by atoms with Crippen molar-refractivity contribution in [2.24, 2.45) is 0 Å². The summed E-state index contributed by atoms with van der Waals surface area (Å²) in [6, 6.07) is 0. The first kappa shape index (κ1) is 15.6. The molecule has 0 amide bonds. The number of unbranched alkanes of at least 4 members (excludes halogenated alkanes) is 5. The van der Waals surface area contributed by atoms with Crippen molar-refractivity contribution >= 4 is 11.8 Å². The van der Waals surface area contributed by atoms with E-state index in [0.717, 1.165) is 5.75 Å². The fourth-order valence-corrected chi connectivity index (χ4v) is 3.06. The second-order valence-electron chi connectivity index (χ2n) is 5.06. The van der Waals surface area contributed by atoms with Crippen LogP contribution in [-0.2, 0) is 5.75 Å². The van der Waals surface area contributed by atoms with Crippen molar-refractivity contribution in [2.45, 2.75) is 65.0 Å². The van der Waals surface area contributed by atoms with Crippen LogP contribution in [0.15, 0.2) is 12.4 Å². The van der Waals surface area contributed by atoms with E-state index in [1.807, 2.05) is 12.4 Å². The molecule has 1 rings (SSSR count). The highest BCUT2D eigenvalue weighted by Crippen LogP contribution is 2.19. The van der Waals surface area contributed by atoms with E-state index in [9.17, 15) is 0 Å². The zero-order chi connectivity index (χ0) is 13.2. The number of thioether (sulfide) groups is 1. The van der Waals surface area contributed by atoms with Crippen LogP contribution in [0.3, 0.4) is 0 Å². The molecule has 0 unspecified atom stereocenters. The molecule has 102 valence electrons. The van der Waals surface area contributed by atoms with Crippen LogP contribution in [0.25, 0.3) is 0 Å². The van der Waals surface area contributed by atoms with Gasteiger partial charge in [0.1, 0.15) is 0 Å². The van der Waals surface area contributed by atoms with E-state index in [0.29, 0.717) is 0 Å². The van der Waals surface area contributed by atoms with Gasteiger partial charge in [-0.2, -0.15) is 11.8 Å². The average molecular weight is 265 g/mol. The third-order valence-electron chi connectivity index (χ3n) is 3.47. The molecule has 2 heteroatoms. The summed E-state index contributed by atoms with van der Waals surface area (Å²) in [5.74, 6) is 2.41. The van der Waals surface area contributed by atoms with Crippen molar-refractivity contribution in [3.05, 3.63) is 29.1 Å². The van der Waals surface area contributed by atoms with E-state index in [-0.39, 0.29) is 0 Å². The highest BCUT2D eigenvalue weighted by atomic mass is 32.2. The Bertz CT molecular complexity index is 336. The van der Waals surface area contributed by atoms with Gasteiger partial charge in [-0.25, -0.2) is 0 Å². The summed E-state index contributed by atoms with van der Waals surface area (Å²) in [4.78, 5) is 4.28. The quantitative estimate of drug-likeness (QED) is 0.562. The molecular formula is C16H27NS. The van der Waals surface area contributed by atoms with Gasteiger partial charge in [0.2, 0.25) is 0 Å². The Hall–Kier alpha value is -0.500. The van der Waals surface area contributed by atoms with Crippen LogP contribution < -0.4 is 0 Å². The number of aromatic nitrogens is 1. The fourth-order valence-electron chi connectivity index (χ4n) is 2.00. The molecule has 0 saturated heterocycles. The molecule has 0 bridgehead atoms. The van der Waals surface area contributed by atoms with Crippen LogP contribution in [0.5, 0.6) is 0 Å². The number of nitrogens with zero attached hydrogens (tertiary/aromatic N) is 1. The fraction of sp³-hybridized carbons (Fsp3) is 0.688. The summed E-state index contributed by atoms with van der Waals surface area (Å²) in [5.41, 5.74) is 4.14. The van der Waals surface area contributed by atoms with Crippen molar-refractivity contribution in [2.75, 3.05) is 5.75 Å². The van der Waals surface area contributed by atoms with Crippen LogP contribution in [0.2, 0.25) is 0 Å². The molecule has 0 aromatic carbocycles. The van der Waals surface area contributed by atoms with Gasteiger partial charge in [0.25, 0.3) is 0 Å². The summed E-state index contributed by atoms with van der Waals surface area (Å²) in [6.07, 6.45) is 12.3. The van der Waals surface area contributed by atoms with Gasteiger partial charge in [-0.1, -0.05) is 39.0 Å². The highest BCUT2D eigenvalue weighted by molar-refractivity contribution is 7.98. The Morgan fingerprint density at radius 3 is 2.50 bits per heavy atom. The summed E-state index contributed by atoms with van der Waals surface area (Å²) in [5, 5.41) is 0. The van der Waals surface area contributed by atoms with E-state index in [1.54, 1.807) is 0 Å². The summed E-state index contributed by atoms with van der Waals surface area (Å²) < 4.78 is 0. The first-order valence-electron chi connectivity index (χ1n) is 7.23. The monoisotopic (exact) mass is 265 g/mol. The third kappa shape index (κ3) is 5.90. The highest BCUT2D eigenvalue weighted by Gasteiger charge is 2.01. The lowest BCUT2D eigenvalue weighted by Gasteiger charge is -2.07. The first-order valence-corrected chi connectivity index (χ1v) is 8.39. The molecule has 1 aromatic rings. The Labute approximate surface area is 117 Å². The molecule has 1 heterocycles. The maximum absolute atomic E-state index is 4.28. The van der Waals surface area contributed by atoms with Crippen molar-refractivity contribution in [1.82, 2.24) is 4.98 Å². The first-order chi connectivity index (χ1) is 8.75. The molecule has 1 nitrogen and oxygen atoms in total. The molecule has 0 aliphatic heterocycles. The van der Waals surface area contributed by atoms with Crippen molar-refractivity contribution in [1.29, 1.82) is 0 Å². The summed E-state index contributed by atoms with van der Waals surface area (Å²) in [6.45, 7) is 6.62. The van der Waals surface area contributed by atoms with E-state index in [4.69, 9.17) is 0 Å². The van der Waals surface area contributed by atoms with Gasteiger partial charge in [0.15, 0.2) is 0 Å². The molecule has 1 aromatic heterocycles. The Morgan fingerprint density at radius 1 is 1.00 bits per heavy atom. The van der Waals surface area contributed by atoms with Crippen LogP contribution in [0, 0.1) is 13.8 Å². The van der Waals surface area contributed by atoms with Gasteiger partial charge in [0.05, 0.1) is 0 Å². The van der Waals surface area contributed by atoms with Crippen LogP contribution >= 0.6 is 11.8 Å². The number of pyridine rings is 1. The zero-order valence-corrected chi connectivity index (χ0v) is 13.0. The Morgan fingerprint density at radius 2 is 1.72 bits per heavy atom. The number of hydrogen-bond donors (Lipinski definition) is 0. The number of rotatable bonds is 9. The lowest BCUT2D eigenvalue weighted by Crippen LogP contribution is -1.93. The molecule has 0 aliphatic rings. The molecule has 0 saturated carbocycles. The largest absolute Gasteiger partial charge is 0.264 e. The van der Waals surface area contributed by atoms with Crippen LogP contribution in [-0.4, -0.2) is 10.7 Å². The second-order valence-corrected chi connectivity index (χ2v) is 6.17. The topological polar surface area (TPSA) is 12.9 Å². The van der Waals surface area contributed by atoms with Gasteiger partial charge in [0, 0.05) is 18.1 Å². The lowest BCUT2D eigenvalue weighted by atomic mass is 10.1. The standard InChI is InChI=1S/C16H27NS/c1-4-5-6-7-8-9-10-18-13-16-12-17-11-14(2)15(16)3/h11-12H,4-10,13H2,1-3H3. The van der Waals surface area contributed by atoms with Gasteiger partial charge in [-0.3, -0.25) is 4.98 Å². The minimum absolute atomic E-state index is 1.12. The average Bonchev–Trinajstić information content (AvgIpc) is 2.37. The third-order valence-corrected chi connectivity index (χ3v) is 4.56.